The number of amides is 1. The fourth-order valence-corrected chi connectivity index (χ4v) is 3.84. The summed E-state index contributed by atoms with van der Waals surface area (Å²) in [4.78, 5) is 12.6. The number of carbonyl (C=O) groups is 1. The fourth-order valence-electron chi connectivity index (χ4n) is 3.57. The highest BCUT2D eigenvalue weighted by atomic mass is 35.5. The van der Waals surface area contributed by atoms with E-state index in [1.165, 1.54) is 5.56 Å². The molecule has 0 saturated heterocycles. The summed E-state index contributed by atoms with van der Waals surface area (Å²) in [5, 5.41) is 16.6. The van der Waals surface area contributed by atoms with Gasteiger partial charge in [0.1, 0.15) is 5.02 Å². The third kappa shape index (κ3) is 4.36. The molecule has 1 aromatic carbocycles. The van der Waals surface area contributed by atoms with Crippen LogP contribution in [0.25, 0.3) is 11.3 Å². The third-order valence-corrected chi connectivity index (χ3v) is 5.67. The van der Waals surface area contributed by atoms with Gasteiger partial charge in [0, 0.05) is 24.1 Å². The van der Waals surface area contributed by atoms with Crippen LogP contribution in [0.3, 0.4) is 0 Å². The van der Waals surface area contributed by atoms with Crippen molar-refractivity contribution in [3.8, 4) is 11.3 Å². The molecule has 0 spiro atoms. The molecule has 0 bridgehead atoms. The van der Waals surface area contributed by atoms with Gasteiger partial charge in [-0.3, -0.25) is 4.79 Å². The predicted molar refractivity (Wildman–Crippen MR) is 106 cm³/mol. The number of hydrogen-bond acceptors (Lipinski definition) is 4. The number of nitrogens with one attached hydrogen (secondary N) is 1. The molecule has 1 aromatic heterocycles. The number of aromatic nitrogens is 1. The van der Waals surface area contributed by atoms with Gasteiger partial charge in [-0.05, 0) is 23.8 Å². The average molecular weight is 391 g/mol. The first-order chi connectivity index (χ1) is 12.8. The molecule has 5 nitrogen and oxygen atoms in total. The number of aliphatic hydroxyl groups excluding tert-OH is 1. The molecular weight excluding hydrogens is 364 g/mol. The van der Waals surface area contributed by atoms with Crippen LogP contribution < -0.4 is 5.32 Å². The van der Waals surface area contributed by atoms with Crippen LogP contribution in [0.15, 0.2) is 28.8 Å². The first-order valence-corrected chi connectivity index (χ1v) is 9.87. The largest absolute Gasteiger partial charge is 0.396 e. The molecule has 2 N–H and O–H groups in total. The molecule has 0 aliphatic heterocycles. The molecular formula is C21H27ClN2O3. The SMILES string of the molecule is CC(C)(C)c1ccc(-c2onc(C(=O)N[C@H]3CCCC[C@H]3CO)c2Cl)cc1. The lowest BCUT2D eigenvalue weighted by molar-refractivity contribution is 0.0864. The Hall–Kier alpha value is -1.85. The van der Waals surface area contributed by atoms with Crippen molar-refractivity contribution in [1.82, 2.24) is 10.5 Å². The molecule has 1 fully saturated rings. The standard InChI is InChI=1S/C21H27ClN2O3/c1-21(2,3)15-10-8-13(9-11-15)19-17(22)18(24-27-19)20(26)23-16-7-5-4-6-14(16)12-25/h8-11,14,16,25H,4-7,12H2,1-3H3,(H,23,26)/t14-,16-/m0/s1. The van der Waals surface area contributed by atoms with E-state index in [-0.39, 0.29) is 40.6 Å². The minimum absolute atomic E-state index is 0.0536. The Morgan fingerprint density at radius 1 is 1.26 bits per heavy atom. The van der Waals surface area contributed by atoms with Crippen molar-refractivity contribution in [3.05, 3.63) is 40.5 Å². The summed E-state index contributed by atoms with van der Waals surface area (Å²) in [7, 11) is 0. The molecule has 27 heavy (non-hydrogen) atoms. The van der Waals surface area contributed by atoms with Gasteiger partial charge in [0.25, 0.3) is 5.91 Å². The lowest BCUT2D eigenvalue weighted by atomic mass is 9.85. The summed E-state index contributed by atoms with van der Waals surface area (Å²) >= 11 is 6.40. The van der Waals surface area contributed by atoms with E-state index >= 15 is 0 Å². The minimum Gasteiger partial charge on any atom is -0.396 e. The summed E-state index contributed by atoms with van der Waals surface area (Å²) < 4.78 is 5.38. The van der Waals surface area contributed by atoms with E-state index in [0.717, 1.165) is 31.2 Å². The van der Waals surface area contributed by atoms with Gasteiger partial charge in [0.15, 0.2) is 11.5 Å². The van der Waals surface area contributed by atoms with Crippen LogP contribution in [0.2, 0.25) is 5.02 Å². The van der Waals surface area contributed by atoms with E-state index in [2.05, 4.69) is 31.2 Å². The van der Waals surface area contributed by atoms with E-state index in [0.29, 0.717) is 5.76 Å². The second-order valence-electron chi connectivity index (χ2n) is 8.31. The normalized spacial score (nSPS) is 20.5. The molecule has 1 amide bonds. The van der Waals surface area contributed by atoms with Crippen molar-refractivity contribution in [2.45, 2.75) is 57.9 Å². The maximum absolute atomic E-state index is 12.6. The van der Waals surface area contributed by atoms with E-state index < -0.39 is 0 Å². The molecule has 1 saturated carbocycles. The monoisotopic (exact) mass is 390 g/mol. The molecule has 1 aliphatic carbocycles. The first kappa shape index (κ1) is 19.9. The van der Waals surface area contributed by atoms with E-state index in [9.17, 15) is 9.90 Å². The molecule has 0 unspecified atom stereocenters. The fraction of sp³-hybridized carbons (Fsp3) is 0.524. The van der Waals surface area contributed by atoms with Crippen LogP contribution in [-0.2, 0) is 5.41 Å². The van der Waals surface area contributed by atoms with Crippen LogP contribution in [0.5, 0.6) is 0 Å². The average Bonchev–Trinajstić information content (AvgIpc) is 3.03. The number of carbonyl (C=O) groups excluding carboxylic acids is 1. The Bertz CT molecular complexity index is 793. The smallest absolute Gasteiger partial charge is 0.275 e. The Balaban J connectivity index is 1.77. The van der Waals surface area contributed by atoms with Crippen LogP contribution >= 0.6 is 11.6 Å². The van der Waals surface area contributed by atoms with Gasteiger partial charge in [0.05, 0.1) is 0 Å². The second kappa shape index (κ2) is 8.03. The highest BCUT2D eigenvalue weighted by molar-refractivity contribution is 6.35. The van der Waals surface area contributed by atoms with Crippen molar-refractivity contribution < 1.29 is 14.4 Å². The number of aliphatic hydroxyl groups is 1. The first-order valence-electron chi connectivity index (χ1n) is 9.49. The maximum Gasteiger partial charge on any atom is 0.275 e. The number of halogens is 1. The molecule has 6 heteroatoms. The van der Waals surface area contributed by atoms with Gasteiger partial charge in [0.2, 0.25) is 0 Å². The van der Waals surface area contributed by atoms with Crippen molar-refractivity contribution in [1.29, 1.82) is 0 Å². The molecule has 1 aliphatic rings. The number of benzene rings is 1. The molecule has 3 rings (SSSR count). The zero-order valence-electron chi connectivity index (χ0n) is 16.1. The van der Waals surface area contributed by atoms with E-state index in [4.69, 9.17) is 16.1 Å². The topological polar surface area (TPSA) is 75.4 Å². The van der Waals surface area contributed by atoms with Crippen molar-refractivity contribution in [3.63, 3.8) is 0 Å². The summed E-state index contributed by atoms with van der Waals surface area (Å²) in [6.45, 7) is 6.52. The van der Waals surface area contributed by atoms with Gasteiger partial charge >= 0.3 is 0 Å². The minimum atomic E-state index is -0.355. The number of hydrogen-bond donors (Lipinski definition) is 2. The summed E-state index contributed by atoms with van der Waals surface area (Å²) in [5.41, 5.74) is 2.13. The number of rotatable bonds is 4. The van der Waals surface area contributed by atoms with Crippen LogP contribution in [0.1, 0.15) is 62.5 Å². The predicted octanol–water partition coefficient (Wildman–Crippen LogP) is 4.57. The summed E-state index contributed by atoms with van der Waals surface area (Å²) in [6, 6.07) is 7.86. The lowest BCUT2D eigenvalue weighted by Gasteiger charge is -2.30. The summed E-state index contributed by atoms with van der Waals surface area (Å²) in [5.74, 6) is 0.120. The third-order valence-electron chi connectivity index (χ3n) is 5.32. The zero-order valence-corrected chi connectivity index (χ0v) is 16.8. The van der Waals surface area contributed by atoms with Gasteiger partial charge in [-0.1, -0.05) is 74.6 Å². The van der Waals surface area contributed by atoms with Crippen molar-refractivity contribution in [2.75, 3.05) is 6.61 Å². The van der Waals surface area contributed by atoms with Crippen molar-refractivity contribution >= 4 is 17.5 Å². The van der Waals surface area contributed by atoms with Crippen LogP contribution in [-0.4, -0.2) is 28.8 Å². The Morgan fingerprint density at radius 3 is 2.56 bits per heavy atom. The quantitative estimate of drug-likeness (QED) is 0.801. The van der Waals surface area contributed by atoms with E-state index in [1.807, 2.05) is 24.3 Å². The van der Waals surface area contributed by atoms with Gasteiger partial charge < -0.3 is 14.9 Å². The maximum atomic E-state index is 12.6. The Kier molecular flexibility index (Phi) is 5.92. The van der Waals surface area contributed by atoms with Crippen LogP contribution in [0, 0.1) is 5.92 Å². The Morgan fingerprint density at radius 2 is 1.93 bits per heavy atom. The summed E-state index contributed by atoms with van der Waals surface area (Å²) in [6.07, 6.45) is 3.89. The molecule has 146 valence electrons. The molecule has 2 aromatic rings. The highest BCUT2D eigenvalue weighted by Crippen LogP contribution is 2.33. The van der Waals surface area contributed by atoms with Crippen LogP contribution in [0.4, 0.5) is 0 Å². The lowest BCUT2D eigenvalue weighted by Crippen LogP contribution is -2.43. The van der Waals surface area contributed by atoms with E-state index in [1.54, 1.807) is 0 Å². The molecule has 1 heterocycles. The van der Waals surface area contributed by atoms with Gasteiger partial charge in [-0.2, -0.15) is 0 Å². The molecule has 2 atom stereocenters. The highest BCUT2D eigenvalue weighted by Gasteiger charge is 2.29. The number of nitrogens with zero attached hydrogens (tertiary/aromatic N) is 1. The zero-order chi connectivity index (χ0) is 19.6. The molecule has 0 radical (unpaired) electrons. The Labute approximate surface area is 165 Å². The van der Waals surface area contributed by atoms with Gasteiger partial charge in [-0.25, -0.2) is 0 Å². The second-order valence-corrected chi connectivity index (χ2v) is 8.69. The van der Waals surface area contributed by atoms with Gasteiger partial charge in [-0.15, -0.1) is 0 Å². The van der Waals surface area contributed by atoms with Crippen molar-refractivity contribution in [2.24, 2.45) is 5.92 Å².